The van der Waals surface area contributed by atoms with Gasteiger partial charge in [-0.3, -0.25) is 9.69 Å². The zero-order valence-electron chi connectivity index (χ0n) is 15.8. The number of rotatable bonds is 6. The average Bonchev–Trinajstić information content (AvgIpc) is 3.23. The summed E-state index contributed by atoms with van der Waals surface area (Å²) in [5, 5.41) is 2.91. The van der Waals surface area contributed by atoms with Gasteiger partial charge in [0.1, 0.15) is 11.6 Å². The second-order valence-corrected chi connectivity index (χ2v) is 6.96. The lowest BCUT2D eigenvalue weighted by Gasteiger charge is -2.35. The number of amides is 1. The van der Waals surface area contributed by atoms with Crippen LogP contribution in [0.4, 0.5) is 11.5 Å². The molecule has 3 heterocycles. The van der Waals surface area contributed by atoms with Crippen LogP contribution in [0.25, 0.3) is 0 Å². The average molecular weight is 376 g/mol. The summed E-state index contributed by atoms with van der Waals surface area (Å²) in [6.45, 7) is 4.64. The molecule has 144 valence electrons. The van der Waals surface area contributed by atoms with Crippen molar-refractivity contribution in [3.8, 4) is 0 Å². The first-order valence-electron chi connectivity index (χ1n) is 9.56. The molecule has 3 aromatic rings. The first kappa shape index (κ1) is 18.3. The van der Waals surface area contributed by atoms with E-state index in [0.29, 0.717) is 6.42 Å². The third kappa shape index (κ3) is 4.78. The molecule has 4 rings (SSSR count). The molecule has 1 aliphatic heterocycles. The molecule has 6 heteroatoms. The fourth-order valence-corrected chi connectivity index (χ4v) is 3.39. The highest BCUT2D eigenvalue weighted by Gasteiger charge is 2.18. The quantitative estimate of drug-likeness (QED) is 0.716. The Kier molecular flexibility index (Phi) is 5.68. The number of hydrogen-bond acceptors (Lipinski definition) is 5. The Bertz CT molecular complexity index is 871. The van der Waals surface area contributed by atoms with Crippen molar-refractivity contribution in [2.24, 2.45) is 0 Å². The monoisotopic (exact) mass is 376 g/mol. The first-order valence-corrected chi connectivity index (χ1v) is 9.56. The van der Waals surface area contributed by atoms with Crippen LogP contribution in [0.5, 0.6) is 0 Å². The van der Waals surface area contributed by atoms with Gasteiger partial charge >= 0.3 is 0 Å². The van der Waals surface area contributed by atoms with E-state index in [1.807, 2.05) is 54.6 Å². The van der Waals surface area contributed by atoms with Gasteiger partial charge in [0.2, 0.25) is 5.91 Å². The SMILES string of the molecule is O=C(Cc1ccccc1)Nc1ccc(N2CCN(Cc3ccco3)CC2)nc1. The van der Waals surface area contributed by atoms with Gasteiger partial charge in [-0.15, -0.1) is 0 Å². The maximum atomic E-state index is 12.2. The molecule has 1 fully saturated rings. The summed E-state index contributed by atoms with van der Waals surface area (Å²) in [5.41, 5.74) is 1.72. The van der Waals surface area contributed by atoms with Crippen LogP contribution in [-0.4, -0.2) is 42.0 Å². The predicted octanol–water partition coefficient (Wildman–Crippen LogP) is 3.18. The molecule has 28 heavy (non-hydrogen) atoms. The summed E-state index contributed by atoms with van der Waals surface area (Å²) in [7, 11) is 0. The van der Waals surface area contributed by atoms with E-state index in [0.717, 1.165) is 55.6 Å². The maximum Gasteiger partial charge on any atom is 0.228 e. The van der Waals surface area contributed by atoms with Crippen molar-refractivity contribution >= 4 is 17.4 Å². The zero-order valence-corrected chi connectivity index (χ0v) is 15.8. The zero-order chi connectivity index (χ0) is 19.2. The Balaban J connectivity index is 1.27. The minimum atomic E-state index is -0.0349. The number of pyridine rings is 1. The van der Waals surface area contributed by atoms with Gasteiger partial charge in [0.15, 0.2) is 0 Å². The highest BCUT2D eigenvalue weighted by atomic mass is 16.3. The second-order valence-electron chi connectivity index (χ2n) is 6.96. The first-order chi connectivity index (χ1) is 13.8. The molecule has 0 bridgehead atoms. The van der Waals surface area contributed by atoms with Crippen molar-refractivity contribution in [2.75, 3.05) is 36.4 Å². The molecule has 0 radical (unpaired) electrons. The van der Waals surface area contributed by atoms with Crippen LogP contribution < -0.4 is 10.2 Å². The molecule has 2 aromatic heterocycles. The van der Waals surface area contributed by atoms with Crippen molar-refractivity contribution in [1.82, 2.24) is 9.88 Å². The Morgan fingerprint density at radius 2 is 1.82 bits per heavy atom. The normalized spacial score (nSPS) is 14.8. The lowest BCUT2D eigenvalue weighted by Crippen LogP contribution is -2.46. The fraction of sp³-hybridized carbons (Fsp3) is 0.273. The van der Waals surface area contributed by atoms with Gasteiger partial charge < -0.3 is 14.6 Å². The van der Waals surface area contributed by atoms with Gasteiger partial charge in [-0.05, 0) is 29.8 Å². The number of aromatic nitrogens is 1. The smallest absolute Gasteiger partial charge is 0.228 e. The van der Waals surface area contributed by atoms with Crippen LogP contribution in [0.1, 0.15) is 11.3 Å². The standard InChI is InChI=1S/C22H24N4O2/c27-22(15-18-5-2-1-3-6-18)24-19-8-9-21(23-16-19)26-12-10-25(11-13-26)17-20-7-4-14-28-20/h1-9,14,16H,10-13,15,17H2,(H,24,27). The lowest BCUT2D eigenvalue weighted by atomic mass is 10.1. The van der Waals surface area contributed by atoms with Crippen LogP contribution in [-0.2, 0) is 17.8 Å². The van der Waals surface area contributed by atoms with E-state index < -0.39 is 0 Å². The summed E-state index contributed by atoms with van der Waals surface area (Å²) < 4.78 is 5.43. The van der Waals surface area contributed by atoms with E-state index in [2.05, 4.69) is 20.1 Å². The molecule has 0 saturated carbocycles. The third-order valence-electron chi connectivity index (χ3n) is 4.89. The summed E-state index contributed by atoms with van der Waals surface area (Å²) in [4.78, 5) is 21.4. The topological polar surface area (TPSA) is 61.6 Å². The number of benzene rings is 1. The second kappa shape index (κ2) is 8.71. The number of anilines is 2. The summed E-state index contributed by atoms with van der Waals surface area (Å²) in [5.74, 6) is 1.91. The van der Waals surface area contributed by atoms with E-state index in [1.54, 1.807) is 12.5 Å². The van der Waals surface area contributed by atoms with Crippen LogP contribution in [0.15, 0.2) is 71.5 Å². The molecule has 0 atom stereocenters. The molecule has 1 aliphatic rings. The van der Waals surface area contributed by atoms with Gasteiger partial charge in [-0.2, -0.15) is 0 Å². The minimum absolute atomic E-state index is 0.0349. The highest BCUT2D eigenvalue weighted by molar-refractivity contribution is 5.92. The molecule has 0 unspecified atom stereocenters. The molecule has 0 aliphatic carbocycles. The minimum Gasteiger partial charge on any atom is -0.468 e. The van der Waals surface area contributed by atoms with E-state index >= 15 is 0 Å². The predicted molar refractivity (Wildman–Crippen MR) is 109 cm³/mol. The molecule has 0 spiro atoms. The fourth-order valence-electron chi connectivity index (χ4n) is 3.39. The largest absolute Gasteiger partial charge is 0.468 e. The van der Waals surface area contributed by atoms with Crippen LogP contribution >= 0.6 is 0 Å². The molecule has 1 amide bonds. The van der Waals surface area contributed by atoms with E-state index in [4.69, 9.17) is 4.42 Å². The van der Waals surface area contributed by atoms with Gasteiger partial charge in [0.05, 0.1) is 31.1 Å². The Labute approximate surface area is 164 Å². The van der Waals surface area contributed by atoms with E-state index in [9.17, 15) is 4.79 Å². The number of furan rings is 1. The number of carbonyl (C=O) groups excluding carboxylic acids is 1. The van der Waals surface area contributed by atoms with Crippen LogP contribution in [0, 0.1) is 0 Å². The molecule has 6 nitrogen and oxygen atoms in total. The Hall–Kier alpha value is -3.12. The molecular weight excluding hydrogens is 352 g/mol. The Morgan fingerprint density at radius 1 is 1.00 bits per heavy atom. The van der Waals surface area contributed by atoms with E-state index in [1.165, 1.54) is 0 Å². The van der Waals surface area contributed by atoms with Crippen molar-refractivity contribution in [3.63, 3.8) is 0 Å². The van der Waals surface area contributed by atoms with Gasteiger partial charge in [-0.1, -0.05) is 30.3 Å². The highest BCUT2D eigenvalue weighted by Crippen LogP contribution is 2.17. The number of hydrogen-bond donors (Lipinski definition) is 1. The molecule has 1 aromatic carbocycles. The Morgan fingerprint density at radius 3 is 2.50 bits per heavy atom. The third-order valence-corrected chi connectivity index (χ3v) is 4.89. The number of nitrogens with one attached hydrogen (secondary N) is 1. The van der Waals surface area contributed by atoms with Crippen LogP contribution in [0.2, 0.25) is 0 Å². The molecular formula is C22H24N4O2. The van der Waals surface area contributed by atoms with Crippen molar-refractivity contribution in [3.05, 3.63) is 78.4 Å². The van der Waals surface area contributed by atoms with Crippen molar-refractivity contribution < 1.29 is 9.21 Å². The molecule has 1 N–H and O–H groups in total. The van der Waals surface area contributed by atoms with Crippen molar-refractivity contribution in [1.29, 1.82) is 0 Å². The number of piperazine rings is 1. The summed E-state index contributed by atoms with van der Waals surface area (Å²) in [6, 6.07) is 17.6. The summed E-state index contributed by atoms with van der Waals surface area (Å²) >= 11 is 0. The lowest BCUT2D eigenvalue weighted by molar-refractivity contribution is -0.115. The van der Waals surface area contributed by atoms with E-state index in [-0.39, 0.29) is 5.91 Å². The molecule has 1 saturated heterocycles. The van der Waals surface area contributed by atoms with Crippen molar-refractivity contribution in [2.45, 2.75) is 13.0 Å². The van der Waals surface area contributed by atoms with Gasteiger partial charge in [-0.25, -0.2) is 4.98 Å². The summed E-state index contributed by atoms with van der Waals surface area (Å²) in [6.07, 6.45) is 3.81. The van der Waals surface area contributed by atoms with Gasteiger partial charge in [0, 0.05) is 26.2 Å². The number of carbonyl (C=O) groups is 1. The van der Waals surface area contributed by atoms with Gasteiger partial charge in [0.25, 0.3) is 0 Å². The maximum absolute atomic E-state index is 12.2. The number of nitrogens with zero attached hydrogens (tertiary/aromatic N) is 3. The van der Waals surface area contributed by atoms with Crippen LogP contribution in [0.3, 0.4) is 0 Å².